The Balaban J connectivity index is 1.55. The Bertz CT molecular complexity index is 346. The van der Waals surface area contributed by atoms with Gasteiger partial charge in [0.1, 0.15) is 0 Å². The predicted molar refractivity (Wildman–Crippen MR) is 72.0 cm³/mol. The second-order valence-electron chi connectivity index (χ2n) is 5.75. The molecule has 0 bridgehead atoms. The van der Waals surface area contributed by atoms with Crippen LogP contribution in [0.3, 0.4) is 0 Å². The zero-order chi connectivity index (χ0) is 11.5. The van der Waals surface area contributed by atoms with E-state index in [1.54, 1.807) is 0 Å². The van der Waals surface area contributed by atoms with Gasteiger partial charge in [0.2, 0.25) is 0 Å². The Morgan fingerprint density at radius 2 is 1.88 bits per heavy atom. The van der Waals surface area contributed by atoms with E-state index >= 15 is 0 Å². The Kier molecular flexibility index (Phi) is 3.46. The Morgan fingerprint density at radius 3 is 2.76 bits per heavy atom. The van der Waals surface area contributed by atoms with Gasteiger partial charge in [-0.2, -0.15) is 0 Å². The Morgan fingerprint density at radius 1 is 1.06 bits per heavy atom. The summed E-state index contributed by atoms with van der Waals surface area (Å²) >= 11 is 0. The topological polar surface area (TPSA) is 12.0 Å². The number of hydrogen-bond acceptors (Lipinski definition) is 1. The van der Waals surface area contributed by atoms with Crippen LogP contribution in [-0.4, -0.2) is 12.6 Å². The number of rotatable bonds is 3. The van der Waals surface area contributed by atoms with Crippen LogP contribution in [0.15, 0.2) is 30.3 Å². The van der Waals surface area contributed by atoms with E-state index in [1.807, 2.05) is 0 Å². The van der Waals surface area contributed by atoms with Crippen molar-refractivity contribution in [1.29, 1.82) is 0 Å². The van der Waals surface area contributed by atoms with Crippen LogP contribution in [0.5, 0.6) is 0 Å². The first-order chi connectivity index (χ1) is 8.43. The summed E-state index contributed by atoms with van der Waals surface area (Å²) in [7, 11) is 0. The first-order valence-corrected chi connectivity index (χ1v) is 7.21. The lowest BCUT2D eigenvalue weighted by molar-refractivity contribution is 0.259. The average Bonchev–Trinajstić information content (AvgIpc) is 2.81. The van der Waals surface area contributed by atoms with Crippen molar-refractivity contribution in [3.05, 3.63) is 35.9 Å². The van der Waals surface area contributed by atoms with Crippen molar-refractivity contribution in [2.24, 2.45) is 11.8 Å². The molecule has 1 heterocycles. The molecule has 1 aliphatic heterocycles. The molecule has 1 N–H and O–H groups in total. The molecule has 3 atom stereocenters. The quantitative estimate of drug-likeness (QED) is 0.837. The number of hydrogen-bond donors (Lipinski definition) is 1. The van der Waals surface area contributed by atoms with Gasteiger partial charge >= 0.3 is 0 Å². The third-order valence-electron chi connectivity index (χ3n) is 4.71. The van der Waals surface area contributed by atoms with Gasteiger partial charge in [0.15, 0.2) is 0 Å². The maximum atomic E-state index is 3.77. The van der Waals surface area contributed by atoms with Crippen LogP contribution in [0.25, 0.3) is 0 Å². The molecule has 1 nitrogen and oxygen atoms in total. The van der Waals surface area contributed by atoms with E-state index in [1.165, 1.54) is 50.6 Å². The summed E-state index contributed by atoms with van der Waals surface area (Å²) in [5, 5.41) is 3.77. The summed E-state index contributed by atoms with van der Waals surface area (Å²) in [6.07, 6.45) is 8.43. The fraction of sp³-hybridized carbons (Fsp3) is 0.625. The van der Waals surface area contributed by atoms with E-state index in [4.69, 9.17) is 0 Å². The molecule has 1 heteroatoms. The number of aryl methyl sites for hydroxylation is 1. The highest BCUT2D eigenvalue weighted by Crippen LogP contribution is 2.37. The summed E-state index contributed by atoms with van der Waals surface area (Å²) < 4.78 is 0. The minimum Gasteiger partial charge on any atom is -0.313 e. The molecule has 1 saturated heterocycles. The molecular weight excluding hydrogens is 206 g/mol. The van der Waals surface area contributed by atoms with Gasteiger partial charge in [0.05, 0.1) is 0 Å². The summed E-state index contributed by atoms with van der Waals surface area (Å²) in [6.45, 7) is 1.28. The molecule has 17 heavy (non-hydrogen) atoms. The zero-order valence-corrected chi connectivity index (χ0v) is 10.6. The van der Waals surface area contributed by atoms with E-state index < -0.39 is 0 Å². The second kappa shape index (κ2) is 5.22. The minimum absolute atomic E-state index is 0.792. The molecule has 92 valence electrons. The maximum Gasteiger partial charge on any atom is 0.0102 e. The summed E-state index contributed by atoms with van der Waals surface area (Å²) in [5.74, 6) is 1.97. The van der Waals surface area contributed by atoms with Crippen LogP contribution >= 0.6 is 0 Å². The summed E-state index contributed by atoms with van der Waals surface area (Å²) in [5.41, 5.74) is 1.49. The van der Waals surface area contributed by atoms with Gasteiger partial charge < -0.3 is 5.32 Å². The lowest BCUT2D eigenvalue weighted by Crippen LogP contribution is -2.29. The predicted octanol–water partition coefficient (Wildman–Crippen LogP) is 3.40. The standard InChI is InChI=1S/C16H23N/c1-2-6-13(7-3-1)10-11-16-15-9-5-4-8-14(15)12-17-16/h1-3,6-7,14-17H,4-5,8-12H2. The third kappa shape index (κ3) is 2.55. The number of benzene rings is 1. The molecule has 0 aromatic heterocycles. The average molecular weight is 229 g/mol. The summed E-state index contributed by atoms with van der Waals surface area (Å²) in [6, 6.07) is 11.7. The van der Waals surface area contributed by atoms with Crippen molar-refractivity contribution < 1.29 is 0 Å². The van der Waals surface area contributed by atoms with Gasteiger partial charge in [-0.05, 0) is 49.6 Å². The van der Waals surface area contributed by atoms with E-state index in [0.29, 0.717) is 0 Å². The maximum absolute atomic E-state index is 3.77. The molecule has 0 radical (unpaired) electrons. The van der Waals surface area contributed by atoms with E-state index in [9.17, 15) is 0 Å². The van der Waals surface area contributed by atoms with Crippen LogP contribution in [0.1, 0.15) is 37.7 Å². The molecule has 1 aliphatic carbocycles. The highest BCUT2D eigenvalue weighted by Gasteiger charge is 2.36. The molecule has 0 spiro atoms. The lowest BCUT2D eigenvalue weighted by atomic mass is 9.77. The van der Waals surface area contributed by atoms with Gasteiger partial charge in [-0.25, -0.2) is 0 Å². The van der Waals surface area contributed by atoms with Crippen molar-refractivity contribution in [1.82, 2.24) is 5.32 Å². The molecule has 3 rings (SSSR count). The fourth-order valence-corrected chi connectivity index (χ4v) is 3.76. The molecule has 2 aliphatic rings. The summed E-state index contributed by atoms with van der Waals surface area (Å²) in [4.78, 5) is 0. The first kappa shape index (κ1) is 11.3. The fourth-order valence-electron chi connectivity index (χ4n) is 3.76. The molecule has 1 saturated carbocycles. The van der Waals surface area contributed by atoms with Crippen molar-refractivity contribution in [3.63, 3.8) is 0 Å². The van der Waals surface area contributed by atoms with Crippen molar-refractivity contribution in [2.45, 2.75) is 44.6 Å². The van der Waals surface area contributed by atoms with E-state index in [-0.39, 0.29) is 0 Å². The molecule has 0 amide bonds. The molecule has 2 fully saturated rings. The van der Waals surface area contributed by atoms with Gasteiger partial charge in [0, 0.05) is 6.04 Å². The van der Waals surface area contributed by atoms with Crippen LogP contribution in [-0.2, 0) is 6.42 Å². The van der Waals surface area contributed by atoms with Gasteiger partial charge in [-0.15, -0.1) is 0 Å². The normalized spacial score (nSPS) is 32.4. The molecule has 3 unspecified atom stereocenters. The molecule has 1 aromatic carbocycles. The van der Waals surface area contributed by atoms with Gasteiger partial charge in [-0.1, -0.05) is 43.2 Å². The monoisotopic (exact) mass is 229 g/mol. The largest absolute Gasteiger partial charge is 0.313 e. The minimum atomic E-state index is 0.792. The molecular formula is C16H23N. The van der Waals surface area contributed by atoms with Crippen LogP contribution in [0, 0.1) is 11.8 Å². The SMILES string of the molecule is c1ccc(CCC2NCC3CCCCC32)cc1. The number of nitrogens with one attached hydrogen (secondary N) is 1. The van der Waals surface area contributed by atoms with Gasteiger partial charge in [-0.3, -0.25) is 0 Å². The highest BCUT2D eigenvalue weighted by molar-refractivity contribution is 5.15. The third-order valence-corrected chi connectivity index (χ3v) is 4.71. The highest BCUT2D eigenvalue weighted by atomic mass is 15.0. The van der Waals surface area contributed by atoms with Crippen molar-refractivity contribution in [3.8, 4) is 0 Å². The van der Waals surface area contributed by atoms with Crippen molar-refractivity contribution in [2.75, 3.05) is 6.54 Å². The van der Waals surface area contributed by atoms with Crippen LogP contribution in [0.2, 0.25) is 0 Å². The van der Waals surface area contributed by atoms with Crippen molar-refractivity contribution >= 4 is 0 Å². The Labute approximate surface area is 105 Å². The second-order valence-corrected chi connectivity index (χ2v) is 5.75. The van der Waals surface area contributed by atoms with Crippen LogP contribution in [0.4, 0.5) is 0 Å². The number of fused-ring (bicyclic) bond motifs is 1. The lowest BCUT2D eigenvalue weighted by Gasteiger charge is -2.28. The Hall–Kier alpha value is -0.820. The van der Waals surface area contributed by atoms with Gasteiger partial charge in [0.25, 0.3) is 0 Å². The molecule has 1 aromatic rings. The van der Waals surface area contributed by atoms with Crippen LogP contribution < -0.4 is 5.32 Å². The first-order valence-electron chi connectivity index (χ1n) is 7.21. The van der Waals surface area contributed by atoms with E-state index in [0.717, 1.165) is 17.9 Å². The van der Waals surface area contributed by atoms with E-state index in [2.05, 4.69) is 35.6 Å². The zero-order valence-electron chi connectivity index (χ0n) is 10.6. The smallest absolute Gasteiger partial charge is 0.0102 e.